The number of benzene rings is 1. The van der Waals surface area contributed by atoms with Crippen molar-refractivity contribution in [1.29, 1.82) is 0 Å². The van der Waals surface area contributed by atoms with Gasteiger partial charge in [0.15, 0.2) is 0 Å². The van der Waals surface area contributed by atoms with Gasteiger partial charge in [0, 0.05) is 38.4 Å². The summed E-state index contributed by atoms with van der Waals surface area (Å²) in [6.45, 7) is 1.92. The van der Waals surface area contributed by atoms with Crippen LogP contribution in [0.1, 0.15) is 30.1 Å². The van der Waals surface area contributed by atoms with Gasteiger partial charge in [0.1, 0.15) is 0 Å². The number of esters is 1. The molecule has 0 spiro atoms. The van der Waals surface area contributed by atoms with Gasteiger partial charge in [-0.2, -0.15) is 0 Å². The summed E-state index contributed by atoms with van der Waals surface area (Å²) in [5, 5.41) is 2.95. The number of ether oxygens (including phenoxy) is 1. The number of carbonyl (C=O) groups excluding carboxylic acids is 2. The summed E-state index contributed by atoms with van der Waals surface area (Å²) in [6, 6.07) is 8.93. The molecular weight excluding hydrogens is 260 g/mol. The number of nitrogens with zero attached hydrogens (tertiary/aromatic N) is 2. The van der Waals surface area contributed by atoms with Crippen molar-refractivity contribution in [2.75, 3.05) is 13.1 Å². The van der Waals surface area contributed by atoms with Gasteiger partial charge in [0.2, 0.25) is 5.72 Å². The molecule has 0 atom stereocenters. The molecule has 6 heteroatoms. The summed E-state index contributed by atoms with van der Waals surface area (Å²) in [6.07, 6.45) is 0.462. The monoisotopic (exact) mass is 276 g/mol. The molecule has 2 rings (SSSR count). The van der Waals surface area contributed by atoms with Crippen molar-refractivity contribution < 1.29 is 14.3 Å². The van der Waals surface area contributed by atoms with Gasteiger partial charge in [-0.05, 0) is 17.3 Å². The van der Waals surface area contributed by atoms with Crippen LogP contribution in [0.25, 0.3) is 0 Å². The fraction of sp³-hybridized carbons (Fsp3) is 0.429. The molecule has 0 radical (unpaired) electrons. The molecule has 1 aromatic carbocycles. The normalized spacial score (nSPS) is 17.4. The second kappa shape index (κ2) is 5.81. The van der Waals surface area contributed by atoms with Crippen LogP contribution in [0.4, 0.5) is 0 Å². The van der Waals surface area contributed by atoms with Gasteiger partial charge < -0.3 is 9.64 Å². The van der Waals surface area contributed by atoms with Crippen LogP contribution in [-0.4, -0.2) is 35.6 Å². The van der Waals surface area contributed by atoms with E-state index in [-0.39, 0.29) is 18.7 Å². The predicted octanol–water partition coefficient (Wildman–Crippen LogP) is 1.95. The number of piperidine rings is 1. The van der Waals surface area contributed by atoms with Crippen LogP contribution in [0.2, 0.25) is 0 Å². The minimum atomic E-state index is -1.32. The summed E-state index contributed by atoms with van der Waals surface area (Å²) in [5.41, 5.74) is -0.717. The minimum Gasteiger partial charge on any atom is -0.434 e. The lowest BCUT2D eigenvalue weighted by molar-refractivity contribution is -0.160. The van der Waals surface area contributed by atoms with E-state index in [2.05, 4.69) is 5.18 Å². The van der Waals surface area contributed by atoms with Crippen LogP contribution in [0.5, 0.6) is 0 Å². The Labute approximate surface area is 116 Å². The van der Waals surface area contributed by atoms with Gasteiger partial charge in [-0.15, -0.1) is 4.91 Å². The molecule has 6 nitrogen and oxygen atoms in total. The van der Waals surface area contributed by atoms with Crippen molar-refractivity contribution in [3.8, 4) is 0 Å². The van der Waals surface area contributed by atoms with Crippen molar-refractivity contribution >= 4 is 11.9 Å². The van der Waals surface area contributed by atoms with E-state index < -0.39 is 11.7 Å². The third kappa shape index (κ3) is 3.01. The first kappa shape index (κ1) is 14.2. The Balaban J connectivity index is 2.02. The average molecular weight is 276 g/mol. The zero-order valence-corrected chi connectivity index (χ0v) is 11.2. The molecule has 0 aliphatic carbocycles. The molecule has 1 heterocycles. The number of rotatable bonds is 3. The van der Waals surface area contributed by atoms with Crippen molar-refractivity contribution in [3.63, 3.8) is 0 Å². The summed E-state index contributed by atoms with van der Waals surface area (Å²) in [5.74, 6) is -0.625. The van der Waals surface area contributed by atoms with Gasteiger partial charge >= 0.3 is 5.97 Å². The van der Waals surface area contributed by atoms with Gasteiger partial charge in [-0.3, -0.25) is 9.59 Å². The van der Waals surface area contributed by atoms with E-state index in [0.717, 1.165) is 0 Å². The second-order valence-electron chi connectivity index (χ2n) is 4.79. The zero-order chi connectivity index (χ0) is 14.6. The van der Waals surface area contributed by atoms with Gasteiger partial charge in [-0.25, -0.2) is 0 Å². The van der Waals surface area contributed by atoms with E-state index in [4.69, 9.17) is 4.74 Å². The Bertz CT molecular complexity index is 507. The molecule has 1 aliphatic heterocycles. The highest BCUT2D eigenvalue weighted by Crippen LogP contribution is 2.28. The van der Waals surface area contributed by atoms with E-state index >= 15 is 0 Å². The van der Waals surface area contributed by atoms with Crippen LogP contribution in [0.3, 0.4) is 0 Å². The Hall–Kier alpha value is -2.24. The first-order valence-electron chi connectivity index (χ1n) is 6.45. The van der Waals surface area contributed by atoms with Crippen LogP contribution < -0.4 is 0 Å². The van der Waals surface area contributed by atoms with Crippen molar-refractivity contribution in [2.45, 2.75) is 25.5 Å². The molecule has 1 aromatic rings. The lowest BCUT2D eigenvalue weighted by atomic mass is 10.0. The number of carbonyl (C=O) groups is 2. The molecular formula is C14H16N2O4. The third-order valence-corrected chi connectivity index (χ3v) is 3.35. The summed E-state index contributed by atoms with van der Waals surface area (Å²) in [7, 11) is 0. The molecule has 0 saturated carbocycles. The van der Waals surface area contributed by atoms with Crippen molar-refractivity contribution in [1.82, 2.24) is 4.90 Å². The predicted molar refractivity (Wildman–Crippen MR) is 71.9 cm³/mol. The molecule has 1 amide bonds. The van der Waals surface area contributed by atoms with Crippen LogP contribution in [-0.2, 0) is 9.53 Å². The highest BCUT2D eigenvalue weighted by molar-refractivity contribution is 5.94. The van der Waals surface area contributed by atoms with Crippen LogP contribution in [0, 0.1) is 4.91 Å². The van der Waals surface area contributed by atoms with Gasteiger partial charge in [0.25, 0.3) is 5.91 Å². The third-order valence-electron chi connectivity index (χ3n) is 3.35. The Morgan fingerprint density at radius 3 is 2.30 bits per heavy atom. The fourth-order valence-electron chi connectivity index (χ4n) is 2.30. The van der Waals surface area contributed by atoms with Crippen LogP contribution >= 0.6 is 0 Å². The van der Waals surface area contributed by atoms with Gasteiger partial charge in [-0.1, -0.05) is 18.2 Å². The molecule has 1 fully saturated rings. The maximum absolute atomic E-state index is 12.2. The number of nitroso groups, excluding NO2 is 1. The Morgan fingerprint density at radius 1 is 1.20 bits per heavy atom. The number of amides is 1. The zero-order valence-electron chi connectivity index (χ0n) is 11.2. The maximum atomic E-state index is 12.2. The lowest BCUT2D eigenvalue weighted by Gasteiger charge is -2.36. The summed E-state index contributed by atoms with van der Waals surface area (Å²) < 4.78 is 5.01. The molecule has 1 saturated heterocycles. The number of hydrogen-bond acceptors (Lipinski definition) is 5. The molecule has 106 valence electrons. The van der Waals surface area contributed by atoms with Crippen LogP contribution in [0.15, 0.2) is 35.5 Å². The quantitative estimate of drug-likeness (QED) is 0.624. The molecule has 0 N–H and O–H groups in total. The SMILES string of the molecule is CC(=O)OC1(N=O)CCN(C(=O)c2ccccc2)CC1. The highest BCUT2D eigenvalue weighted by Gasteiger charge is 2.40. The first-order chi connectivity index (χ1) is 9.56. The van der Waals surface area contributed by atoms with Crippen molar-refractivity contribution in [2.24, 2.45) is 5.18 Å². The minimum absolute atomic E-state index is 0.0899. The van der Waals surface area contributed by atoms with E-state index in [1.165, 1.54) is 6.92 Å². The fourth-order valence-corrected chi connectivity index (χ4v) is 2.30. The van der Waals surface area contributed by atoms with E-state index in [1.54, 1.807) is 29.2 Å². The molecule has 0 bridgehead atoms. The maximum Gasteiger partial charge on any atom is 0.304 e. The summed E-state index contributed by atoms with van der Waals surface area (Å²) in [4.78, 5) is 35.8. The molecule has 0 aromatic heterocycles. The lowest BCUT2D eigenvalue weighted by Crippen LogP contribution is -2.47. The number of likely N-dealkylation sites (tertiary alicyclic amines) is 1. The van der Waals surface area contributed by atoms with E-state index in [0.29, 0.717) is 18.7 Å². The highest BCUT2D eigenvalue weighted by atomic mass is 16.6. The Kier molecular flexibility index (Phi) is 4.12. The molecule has 20 heavy (non-hydrogen) atoms. The largest absolute Gasteiger partial charge is 0.434 e. The Morgan fingerprint density at radius 2 is 1.80 bits per heavy atom. The topological polar surface area (TPSA) is 76.0 Å². The number of hydrogen-bond donors (Lipinski definition) is 0. The smallest absolute Gasteiger partial charge is 0.304 e. The average Bonchev–Trinajstić information content (AvgIpc) is 2.47. The van der Waals surface area contributed by atoms with E-state index in [1.807, 2.05) is 6.07 Å². The van der Waals surface area contributed by atoms with Crippen molar-refractivity contribution in [3.05, 3.63) is 40.8 Å². The molecule has 0 unspecified atom stereocenters. The molecule has 1 aliphatic rings. The van der Waals surface area contributed by atoms with E-state index in [9.17, 15) is 14.5 Å². The standard InChI is InChI=1S/C14H16N2O4/c1-11(17)20-14(15-19)7-9-16(10-8-14)13(18)12-5-3-2-4-6-12/h2-6H,7-10H2,1H3. The first-order valence-corrected chi connectivity index (χ1v) is 6.45. The van der Waals surface area contributed by atoms with Gasteiger partial charge in [0.05, 0.1) is 0 Å². The second-order valence-corrected chi connectivity index (χ2v) is 4.79. The summed E-state index contributed by atoms with van der Waals surface area (Å²) >= 11 is 0.